The number of ether oxygens (including phenoxy) is 1. The number of nitrogens with zero attached hydrogens (tertiary/aromatic N) is 3. The van der Waals surface area contributed by atoms with Crippen LogP contribution in [0.25, 0.3) is 0 Å². The number of carboxylic acid groups (broad SMARTS) is 1. The van der Waals surface area contributed by atoms with Crippen molar-refractivity contribution >= 4 is 17.5 Å². The fourth-order valence-electron chi connectivity index (χ4n) is 3.97. The van der Waals surface area contributed by atoms with Gasteiger partial charge in [0.05, 0.1) is 23.8 Å². The number of halogens is 1. The predicted octanol–water partition coefficient (Wildman–Crippen LogP) is 3.10. The number of rotatable bonds is 3. The number of likely N-dealkylation sites (tertiary alicyclic amines) is 1. The van der Waals surface area contributed by atoms with Gasteiger partial charge in [0.15, 0.2) is 11.6 Å². The van der Waals surface area contributed by atoms with Gasteiger partial charge in [0.1, 0.15) is 0 Å². The van der Waals surface area contributed by atoms with Crippen LogP contribution in [0.5, 0.6) is 5.75 Å². The molecule has 2 aliphatic rings. The first-order valence-electron chi connectivity index (χ1n) is 8.60. The molecule has 2 heterocycles. The fraction of sp³-hybridized carbons (Fsp3) is 0.588. The molecule has 1 amide bonds. The summed E-state index contributed by atoms with van der Waals surface area (Å²) < 4.78 is 19.5. The number of anilines is 1. The normalized spacial score (nSPS) is 19.5. The number of benzene rings is 1. The first kappa shape index (κ1) is 18.2. The zero-order valence-electron chi connectivity index (χ0n) is 14.6. The number of carbonyl (C=O) groups is 1. The minimum Gasteiger partial charge on any atom is -0.490 e. The van der Waals surface area contributed by atoms with Crippen LogP contribution in [-0.2, 0) is 0 Å². The summed E-state index contributed by atoms with van der Waals surface area (Å²) in [7, 11) is 1.32. The second-order valence-electron chi connectivity index (χ2n) is 6.99. The summed E-state index contributed by atoms with van der Waals surface area (Å²) >= 11 is 0. The molecule has 0 unspecified atom stereocenters. The van der Waals surface area contributed by atoms with E-state index in [-0.39, 0.29) is 16.9 Å². The molecule has 2 saturated heterocycles. The van der Waals surface area contributed by atoms with Crippen molar-refractivity contribution in [1.29, 1.82) is 0 Å². The summed E-state index contributed by atoms with van der Waals surface area (Å²) in [6.07, 6.45) is 2.45. The fourth-order valence-corrected chi connectivity index (χ4v) is 3.97. The van der Waals surface area contributed by atoms with Gasteiger partial charge in [-0.05, 0) is 31.1 Å². The first-order chi connectivity index (χ1) is 12.3. The summed E-state index contributed by atoms with van der Waals surface area (Å²) in [5, 5.41) is 20.1. The monoisotopic (exact) mass is 367 g/mol. The van der Waals surface area contributed by atoms with Crippen LogP contribution in [0.15, 0.2) is 12.1 Å². The van der Waals surface area contributed by atoms with E-state index >= 15 is 0 Å². The van der Waals surface area contributed by atoms with Crippen LogP contribution in [0.4, 0.5) is 20.6 Å². The van der Waals surface area contributed by atoms with Gasteiger partial charge in [-0.3, -0.25) is 10.1 Å². The second-order valence-corrected chi connectivity index (χ2v) is 6.99. The molecule has 142 valence electrons. The summed E-state index contributed by atoms with van der Waals surface area (Å²) in [5.74, 6) is -0.587. The van der Waals surface area contributed by atoms with E-state index in [4.69, 9.17) is 9.84 Å². The van der Waals surface area contributed by atoms with E-state index in [1.165, 1.54) is 18.1 Å². The maximum atomic E-state index is 14.4. The highest BCUT2D eigenvalue weighted by molar-refractivity contribution is 5.65. The molecule has 9 heteroatoms. The smallest absolute Gasteiger partial charge is 0.407 e. The lowest BCUT2D eigenvalue weighted by Gasteiger charge is -2.46. The Labute approximate surface area is 150 Å². The molecule has 1 spiro atoms. The Balaban J connectivity index is 1.71. The van der Waals surface area contributed by atoms with Gasteiger partial charge in [0.2, 0.25) is 0 Å². The third-order valence-corrected chi connectivity index (χ3v) is 5.70. The molecule has 1 aromatic carbocycles. The molecule has 0 atom stereocenters. The molecule has 2 fully saturated rings. The average molecular weight is 367 g/mol. The molecule has 8 nitrogen and oxygen atoms in total. The molecule has 2 aliphatic heterocycles. The van der Waals surface area contributed by atoms with E-state index in [0.717, 1.165) is 31.7 Å². The first-order valence-corrected chi connectivity index (χ1v) is 8.60. The van der Waals surface area contributed by atoms with Crippen LogP contribution in [0.1, 0.15) is 25.7 Å². The topological polar surface area (TPSA) is 96.2 Å². The Morgan fingerprint density at radius 2 is 1.81 bits per heavy atom. The van der Waals surface area contributed by atoms with Gasteiger partial charge >= 0.3 is 11.8 Å². The molecular weight excluding hydrogens is 345 g/mol. The zero-order valence-corrected chi connectivity index (χ0v) is 14.6. The summed E-state index contributed by atoms with van der Waals surface area (Å²) in [4.78, 5) is 24.7. The number of piperidine rings is 2. The SMILES string of the molecule is COc1cc(N2CCC3(CCN(C(=O)O)CC3)CC2)c(F)cc1[N+](=O)[O-]. The van der Waals surface area contributed by atoms with Gasteiger partial charge in [-0.2, -0.15) is 0 Å². The van der Waals surface area contributed by atoms with Crippen LogP contribution in [0.3, 0.4) is 0 Å². The number of hydrogen-bond acceptors (Lipinski definition) is 5. The Kier molecular flexibility index (Phi) is 4.88. The molecular formula is C17H22FN3O5. The largest absolute Gasteiger partial charge is 0.490 e. The van der Waals surface area contributed by atoms with Crippen molar-refractivity contribution < 1.29 is 24.0 Å². The van der Waals surface area contributed by atoms with Gasteiger partial charge in [0.25, 0.3) is 0 Å². The summed E-state index contributed by atoms with van der Waals surface area (Å²) in [6, 6.07) is 2.29. The van der Waals surface area contributed by atoms with Crippen molar-refractivity contribution in [1.82, 2.24) is 4.90 Å². The second kappa shape index (κ2) is 6.97. The number of nitro groups is 1. The van der Waals surface area contributed by atoms with Crippen LogP contribution in [-0.4, -0.2) is 54.3 Å². The molecule has 1 aromatic rings. The maximum Gasteiger partial charge on any atom is 0.407 e. The molecule has 0 aliphatic carbocycles. The third kappa shape index (κ3) is 3.38. The van der Waals surface area contributed by atoms with E-state index in [2.05, 4.69) is 0 Å². The lowest BCUT2D eigenvalue weighted by atomic mass is 9.71. The van der Waals surface area contributed by atoms with Crippen LogP contribution < -0.4 is 9.64 Å². The van der Waals surface area contributed by atoms with Crippen molar-refractivity contribution in [3.63, 3.8) is 0 Å². The molecule has 26 heavy (non-hydrogen) atoms. The van der Waals surface area contributed by atoms with E-state index < -0.39 is 16.8 Å². The number of nitro benzene ring substituents is 1. The maximum absolute atomic E-state index is 14.4. The lowest BCUT2D eigenvalue weighted by Crippen LogP contribution is -2.48. The third-order valence-electron chi connectivity index (χ3n) is 5.70. The van der Waals surface area contributed by atoms with Crippen molar-refractivity contribution in [2.24, 2.45) is 5.41 Å². The minimum atomic E-state index is -0.877. The summed E-state index contributed by atoms with van der Waals surface area (Å²) in [6.45, 7) is 2.33. The molecule has 0 aromatic heterocycles. The van der Waals surface area contributed by atoms with E-state index in [0.29, 0.717) is 31.9 Å². The lowest BCUT2D eigenvalue weighted by molar-refractivity contribution is -0.385. The van der Waals surface area contributed by atoms with Crippen LogP contribution in [0, 0.1) is 21.3 Å². The van der Waals surface area contributed by atoms with Crippen molar-refractivity contribution in [2.45, 2.75) is 25.7 Å². The number of hydrogen-bond donors (Lipinski definition) is 1. The molecule has 0 bridgehead atoms. The zero-order chi connectivity index (χ0) is 18.9. The number of amides is 1. The van der Waals surface area contributed by atoms with Gasteiger partial charge < -0.3 is 19.6 Å². The Hall–Kier alpha value is -2.58. The van der Waals surface area contributed by atoms with Gasteiger partial charge in [-0.15, -0.1) is 0 Å². The van der Waals surface area contributed by atoms with Gasteiger partial charge in [-0.25, -0.2) is 9.18 Å². The van der Waals surface area contributed by atoms with Gasteiger partial charge in [-0.1, -0.05) is 0 Å². The van der Waals surface area contributed by atoms with Gasteiger partial charge in [0, 0.05) is 32.2 Å². The van der Waals surface area contributed by atoms with E-state index in [1.807, 2.05) is 4.90 Å². The molecule has 1 N–H and O–H groups in total. The molecule has 0 radical (unpaired) electrons. The molecule has 3 rings (SSSR count). The van der Waals surface area contributed by atoms with E-state index in [9.17, 15) is 19.3 Å². The average Bonchev–Trinajstić information content (AvgIpc) is 2.63. The molecule has 0 saturated carbocycles. The summed E-state index contributed by atoms with van der Waals surface area (Å²) in [5.41, 5.74) is 0.0256. The van der Waals surface area contributed by atoms with Crippen LogP contribution >= 0.6 is 0 Å². The van der Waals surface area contributed by atoms with Crippen molar-refractivity contribution in [3.8, 4) is 5.75 Å². The predicted molar refractivity (Wildman–Crippen MR) is 92.3 cm³/mol. The van der Waals surface area contributed by atoms with E-state index in [1.54, 1.807) is 0 Å². The van der Waals surface area contributed by atoms with Crippen LogP contribution in [0.2, 0.25) is 0 Å². The highest BCUT2D eigenvalue weighted by Crippen LogP contribution is 2.43. The number of methoxy groups -OCH3 is 1. The minimum absolute atomic E-state index is 0.0430. The Bertz CT molecular complexity index is 709. The quantitative estimate of drug-likeness (QED) is 0.651. The Morgan fingerprint density at radius 3 is 2.31 bits per heavy atom. The highest BCUT2D eigenvalue weighted by Gasteiger charge is 2.39. The standard InChI is InChI=1S/C17H22FN3O5/c1-26-15-11-13(12(18)10-14(15)21(24)25)19-6-2-17(3-7-19)4-8-20(9-5-17)16(22)23/h10-11H,2-9H2,1H3,(H,22,23). The highest BCUT2D eigenvalue weighted by atomic mass is 19.1. The Morgan fingerprint density at radius 1 is 1.23 bits per heavy atom. The van der Waals surface area contributed by atoms with Crippen molar-refractivity contribution in [2.75, 3.05) is 38.2 Å². The van der Waals surface area contributed by atoms with Crippen molar-refractivity contribution in [3.05, 3.63) is 28.1 Å².